The zero-order chi connectivity index (χ0) is 14.9. The first kappa shape index (κ1) is 14.5. The van der Waals surface area contributed by atoms with Gasteiger partial charge in [0, 0.05) is 23.2 Å². The average molecular weight is 296 g/mol. The Balaban J connectivity index is 2.68. The molecule has 1 heterocycles. The van der Waals surface area contributed by atoms with Crippen molar-refractivity contribution >= 4 is 26.6 Å². The first-order valence-corrected chi connectivity index (χ1v) is 8.18. The number of unbranched alkanes of at least 4 members (excludes halogenated alkanes) is 1. The Morgan fingerprint density at radius 3 is 2.55 bits per heavy atom. The van der Waals surface area contributed by atoms with Crippen LogP contribution in [-0.4, -0.2) is 23.6 Å². The second-order valence-electron chi connectivity index (χ2n) is 4.77. The molecule has 1 aromatic carbocycles. The molecule has 0 bridgehead atoms. The molecule has 0 saturated carbocycles. The zero-order valence-corrected chi connectivity index (χ0v) is 12.2. The van der Waals surface area contributed by atoms with Crippen LogP contribution >= 0.6 is 0 Å². The minimum Gasteiger partial charge on any atom is -0.258 e. The van der Waals surface area contributed by atoms with Crippen LogP contribution in [0.3, 0.4) is 0 Å². The van der Waals surface area contributed by atoms with E-state index in [-0.39, 0.29) is 5.69 Å². The Labute approximate surface area is 117 Å². The molecule has 1 aromatic heterocycles. The van der Waals surface area contributed by atoms with E-state index in [2.05, 4.69) is 0 Å². The quantitative estimate of drug-likeness (QED) is 0.627. The topological polar surface area (TPSA) is 82.2 Å². The van der Waals surface area contributed by atoms with E-state index in [0.717, 1.165) is 19.1 Å². The Hall–Kier alpha value is -1.89. The van der Waals surface area contributed by atoms with Gasteiger partial charge in [0.15, 0.2) is 0 Å². The Kier molecular flexibility index (Phi) is 3.80. The standard InChI is InChI=1S/C13H16N2O4S/c1-3-4-5-11-8-10-9-12(15(16)17)6-7-13(10)14(11)20(2,18)19/h6-9H,3-5H2,1-2H3. The van der Waals surface area contributed by atoms with E-state index >= 15 is 0 Å². The fourth-order valence-electron chi connectivity index (χ4n) is 2.27. The number of aryl methyl sites for hydroxylation is 1. The lowest BCUT2D eigenvalue weighted by atomic mass is 10.2. The van der Waals surface area contributed by atoms with Crippen LogP contribution in [0.5, 0.6) is 0 Å². The number of nitrogens with zero attached hydrogens (tertiary/aromatic N) is 2. The van der Waals surface area contributed by atoms with Crippen molar-refractivity contribution in [3.8, 4) is 0 Å². The maximum atomic E-state index is 11.9. The van der Waals surface area contributed by atoms with Gasteiger partial charge in [-0.25, -0.2) is 12.4 Å². The summed E-state index contributed by atoms with van der Waals surface area (Å²) in [6.07, 6.45) is 3.59. The highest BCUT2D eigenvalue weighted by Crippen LogP contribution is 2.26. The lowest BCUT2D eigenvalue weighted by Gasteiger charge is -2.07. The maximum absolute atomic E-state index is 11.9. The number of fused-ring (bicyclic) bond motifs is 1. The number of benzene rings is 1. The molecule has 0 saturated heterocycles. The van der Waals surface area contributed by atoms with Crippen LogP contribution in [0.4, 0.5) is 5.69 Å². The summed E-state index contributed by atoms with van der Waals surface area (Å²) in [5.74, 6) is 0. The number of hydrogen-bond acceptors (Lipinski definition) is 4. The minimum absolute atomic E-state index is 0.0369. The fourth-order valence-corrected chi connectivity index (χ4v) is 3.37. The van der Waals surface area contributed by atoms with E-state index in [1.807, 2.05) is 6.92 Å². The number of aromatic nitrogens is 1. The van der Waals surface area contributed by atoms with E-state index in [0.29, 0.717) is 23.0 Å². The number of nitro benzene ring substituents is 1. The molecule has 0 spiro atoms. The van der Waals surface area contributed by atoms with Gasteiger partial charge in [0.05, 0.1) is 16.7 Å². The maximum Gasteiger partial charge on any atom is 0.270 e. The third kappa shape index (κ3) is 2.67. The molecular weight excluding hydrogens is 280 g/mol. The largest absolute Gasteiger partial charge is 0.270 e. The second kappa shape index (κ2) is 5.24. The molecule has 0 unspecified atom stereocenters. The normalized spacial score (nSPS) is 11.9. The fraction of sp³-hybridized carbons (Fsp3) is 0.385. The van der Waals surface area contributed by atoms with Crippen molar-refractivity contribution in [2.45, 2.75) is 26.2 Å². The molecule has 2 rings (SSSR count). The van der Waals surface area contributed by atoms with Crippen LogP contribution < -0.4 is 0 Å². The van der Waals surface area contributed by atoms with Gasteiger partial charge < -0.3 is 0 Å². The van der Waals surface area contributed by atoms with Gasteiger partial charge in [-0.1, -0.05) is 13.3 Å². The molecule has 0 aliphatic heterocycles. The van der Waals surface area contributed by atoms with Crippen LogP contribution in [0.2, 0.25) is 0 Å². The van der Waals surface area contributed by atoms with Crippen molar-refractivity contribution in [3.63, 3.8) is 0 Å². The van der Waals surface area contributed by atoms with Gasteiger partial charge in [0.1, 0.15) is 0 Å². The van der Waals surface area contributed by atoms with Crippen molar-refractivity contribution in [2.24, 2.45) is 0 Å². The predicted octanol–water partition coefficient (Wildman–Crippen LogP) is 2.70. The van der Waals surface area contributed by atoms with Crippen LogP contribution in [0.1, 0.15) is 25.5 Å². The number of non-ortho nitro benzene ring substituents is 1. The van der Waals surface area contributed by atoms with E-state index in [9.17, 15) is 18.5 Å². The zero-order valence-electron chi connectivity index (χ0n) is 11.4. The SMILES string of the molecule is CCCCc1cc2cc([N+](=O)[O-])ccc2n1S(C)(=O)=O. The van der Waals surface area contributed by atoms with Gasteiger partial charge in [-0.15, -0.1) is 0 Å². The number of nitro groups is 1. The van der Waals surface area contributed by atoms with Crippen molar-refractivity contribution in [1.82, 2.24) is 3.97 Å². The smallest absolute Gasteiger partial charge is 0.258 e. The Bertz CT molecular complexity index is 762. The van der Waals surface area contributed by atoms with Crippen molar-refractivity contribution < 1.29 is 13.3 Å². The molecule has 20 heavy (non-hydrogen) atoms. The Morgan fingerprint density at radius 2 is 2.00 bits per heavy atom. The van der Waals surface area contributed by atoms with Crippen molar-refractivity contribution in [1.29, 1.82) is 0 Å². The molecule has 108 valence electrons. The minimum atomic E-state index is -3.43. The van der Waals surface area contributed by atoms with Crippen LogP contribution in [-0.2, 0) is 16.4 Å². The highest BCUT2D eigenvalue weighted by Gasteiger charge is 2.18. The first-order chi connectivity index (χ1) is 9.34. The molecule has 2 aromatic rings. The van der Waals surface area contributed by atoms with Crippen molar-refractivity contribution in [2.75, 3.05) is 6.26 Å². The van der Waals surface area contributed by atoms with Gasteiger partial charge in [-0.3, -0.25) is 10.1 Å². The molecule has 0 atom stereocenters. The summed E-state index contributed by atoms with van der Waals surface area (Å²) in [5.41, 5.74) is 1.12. The molecule has 0 N–H and O–H groups in total. The van der Waals surface area contributed by atoms with Crippen molar-refractivity contribution in [3.05, 3.63) is 40.1 Å². The number of rotatable bonds is 5. The predicted molar refractivity (Wildman–Crippen MR) is 77.4 cm³/mol. The van der Waals surface area contributed by atoms with Crippen LogP contribution in [0.25, 0.3) is 10.9 Å². The van der Waals surface area contributed by atoms with Crippen LogP contribution in [0, 0.1) is 10.1 Å². The van der Waals surface area contributed by atoms with Gasteiger partial charge in [0.2, 0.25) is 10.0 Å². The van der Waals surface area contributed by atoms with Crippen LogP contribution in [0.15, 0.2) is 24.3 Å². The summed E-state index contributed by atoms with van der Waals surface area (Å²) >= 11 is 0. The first-order valence-electron chi connectivity index (χ1n) is 6.34. The summed E-state index contributed by atoms with van der Waals surface area (Å²) in [5, 5.41) is 11.4. The van der Waals surface area contributed by atoms with Gasteiger partial charge >= 0.3 is 0 Å². The third-order valence-corrected chi connectivity index (χ3v) is 4.24. The van der Waals surface area contributed by atoms with E-state index < -0.39 is 14.9 Å². The molecule has 0 fully saturated rings. The number of hydrogen-bond donors (Lipinski definition) is 0. The van der Waals surface area contributed by atoms with Gasteiger partial charge in [-0.05, 0) is 25.0 Å². The van der Waals surface area contributed by atoms with E-state index in [1.54, 1.807) is 6.07 Å². The molecule has 0 aliphatic carbocycles. The summed E-state index contributed by atoms with van der Waals surface area (Å²) in [6.45, 7) is 2.03. The lowest BCUT2D eigenvalue weighted by molar-refractivity contribution is -0.384. The summed E-state index contributed by atoms with van der Waals surface area (Å²) in [6, 6.07) is 5.95. The molecule has 6 nitrogen and oxygen atoms in total. The monoisotopic (exact) mass is 296 g/mol. The van der Waals surface area contributed by atoms with E-state index in [4.69, 9.17) is 0 Å². The third-order valence-electron chi connectivity index (χ3n) is 3.14. The van der Waals surface area contributed by atoms with Gasteiger partial charge in [-0.2, -0.15) is 0 Å². The molecular formula is C13H16N2O4S. The molecule has 0 radical (unpaired) electrons. The second-order valence-corrected chi connectivity index (χ2v) is 6.60. The molecule has 7 heteroatoms. The molecule has 0 aliphatic rings. The lowest BCUT2D eigenvalue weighted by Crippen LogP contribution is -2.13. The highest BCUT2D eigenvalue weighted by molar-refractivity contribution is 7.89. The van der Waals surface area contributed by atoms with E-state index in [1.165, 1.54) is 22.2 Å². The summed E-state index contributed by atoms with van der Waals surface area (Å²) < 4.78 is 25.2. The highest BCUT2D eigenvalue weighted by atomic mass is 32.2. The van der Waals surface area contributed by atoms with Gasteiger partial charge in [0.25, 0.3) is 5.69 Å². The average Bonchev–Trinajstić information content (AvgIpc) is 2.72. The Morgan fingerprint density at radius 1 is 1.30 bits per heavy atom. The summed E-state index contributed by atoms with van der Waals surface area (Å²) in [4.78, 5) is 10.3. The summed E-state index contributed by atoms with van der Waals surface area (Å²) in [7, 11) is -3.43. The molecule has 0 amide bonds.